The number of hydrogen-bond acceptors (Lipinski definition) is 4. The Morgan fingerprint density at radius 1 is 1.39 bits per heavy atom. The average Bonchev–Trinajstić information content (AvgIpc) is 2.44. The van der Waals surface area contributed by atoms with E-state index in [9.17, 15) is 8.42 Å². The van der Waals surface area contributed by atoms with Gasteiger partial charge in [0.1, 0.15) is 10.6 Å². The zero-order chi connectivity index (χ0) is 14.3. The molecular weight excluding hydrogens is 250 g/mol. The van der Waals surface area contributed by atoms with Crippen LogP contribution in [-0.4, -0.2) is 24.5 Å². The summed E-state index contributed by atoms with van der Waals surface area (Å²) >= 11 is 0. The SMILES string of the molecule is CC(C)Cc1c(C(C)(C)S(C)(=O)=O)nn(C)c1N. The second-order valence-electron chi connectivity index (χ2n) is 5.72. The summed E-state index contributed by atoms with van der Waals surface area (Å²) in [5.41, 5.74) is 7.42. The van der Waals surface area contributed by atoms with Gasteiger partial charge in [0.15, 0.2) is 9.84 Å². The largest absolute Gasteiger partial charge is 0.384 e. The number of aromatic nitrogens is 2. The van der Waals surface area contributed by atoms with Crippen LogP contribution in [0.4, 0.5) is 5.82 Å². The molecule has 0 amide bonds. The topological polar surface area (TPSA) is 78.0 Å². The lowest BCUT2D eigenvalue weighted by Gasteiger charge is -2.22. The first-order chi connectivity index (χ1) is 7.98. The lowest BCUT2D eigenvalue weighted by atomic mass is 9.97. The van der Waals surface area contributed by atoms with Crippen LogP contribution in [0.15, 0.2) is 0 Å². The van der Waals surface area contributed by atoms with Gasteiger partial charge in [0.2, 0.25) is 0 Å². The molecule has 0 aromatic carbocycles. The molecule has 0 aliphatic heterocycles. The van der Waals surface area contributed by atoms with Gasteiger partial charge in [0.25, 0.3) is 0 Å². The third kappa shape index (κ3) is 2.53. The second-order valence-corrected chi connectivity index (χ2v) is 8.28. The van der Waals surface area contributed by atoms with Gasteiger partial charge < -0.3 is 5.73 Å². The third-order valence-corrected chi connectivity index (χ3v) is 5.35. The van der Waals surface area contributed by atoms with Crippen LogP contribution in [0.5, 0.6) is 0 Å². The van der Waals surface area contributed by atoms with Crippen molar-refractivity contribution < 1.29 is 8.42 Å². The molecule has 0 saturated heterocycles. The number of nitrogens with two attached hydrogens (primary N) is 1. The van der Waals surface area contributed by atoms with Crippen LogP contribution >= 0.6 is 0 Å². The minimum atomic E-state index is -3.25. The Kier molecular flexibility index (Phi) is 3.81. The van der Waals surface area contributed by atoms with E-state index in [-0.39, 0.29) is 0 Å². The van der Waals surface area contributed by atoms with Crippen molar-refractivity contribution in [2.45, 2.75) is 38.9 Å². The minimum Gasteiger partial charge on any atom is -0.384 e. The molecule has 5 nitrogen and oxygen atoms in total. The Balaban J connectivity index is 3.46. The molecule has 6 heteroatoms. The summed E-state index contributed by atoms with van der Waals surface area (Å²) in [6.07, 6.45) is 1.96. The number of nitrogen functional groups attached to an aromatic ring is 1. The van der Waals surface area contributed by atoms with Gasteiger partial charge in [-0.05, 0) is 26.2 Å². The zero-order valence-electron chi connectivity index (χ0n) is 12.0. The molecule has 0 aliphatic carbocycles. The molecular formula is C12H23N3O2S. The maximum absolute atomic E-state index is 11.9. The highest BCUT2D eigenvalue weighted by Gasteiger charge is 2.38. The Bertz CT molecular complexity index is 542. The third-order valence-electron chi connectivity index (χ3n) is 3.30. The van der Waals surface area contributed by atoms with Crippen molar-refractivity contribution in [2.24, 2.45) is 13.0 Å². The van der Waals surface area contributed by atoms with Gasteiger partial charge in [0, 0.05) is 18.9 Å². The lowest BCUT2D eigenvalue weighted by molar-refractivity contribution is 0.547. The van der Waals surface area contributed by atoms with Gasteiger partial charge in [-0.1, -0.05) is 13.8 Å². The molecule has 0 radical (unpaired) electrons. The maximum atomic E-state index is 11.9. The van der Waals surface area contributed by atoms with Gasteiger partial charge in [-0.25, -0.2) is 8.42 Å². The molecule has 0 atom stereocenters. The molecule has 0 fully saturated rings. The molecule has 104 valence electrons. The fraction of sp³-hybridized carbons (Fsp3) is 0.750. The predicted octanol–water partition coefficient (Wildman–Crippen LogP) is 1.48. The Morgan fingerprint density at radius 2 is 1.89 bits per heavy atom. The van der Waals surface area contributed by atoms with Gasteiger partial charge in [0.05, 0.1) is 5.69 Å². The van der Waals surface area contributed by atoms with Crippen LogP contribution < -0.4 is 5.73 Å². The van der Waals surface area contributed by atoms with Crippen molar-refractivity contribution >= 4 is 15.7 Å². The minimum absolute atomic E-state index is 0.394. The Morgan fingerprint density at radius 3 is 2.28 bits per heavy atom. The van der Waals surface area contributed by atoms with E-state index in [0.717, 1.165) is 12.0 Å². The van der Waals surface area contributed by atoms with Crippen LogP contribution in [0.3, 0.4) is 0 Å². The highest BCUT2D eigenvalue weighted by atomic mass is 32.2. The van der Waals surface area contributed by atoms with E-state index in [0.29, 0.717) is 17.4 Å². The fourth-order valence-electron chi connectivity index (χ4n) is 1.85. The normalized spacial score (nSPS) is 13.3. The van der Waals surface area contributed by atoms with Crippen molar-refractivity contribution in [3.05, 3.63) is 11.3 Å². The van der Waals surface area contributed by atoms with Crippen molar-refractivity contribution in [1.29, 1.82) is 0 Å². The highest BCUT2D eigenvalue weighted by molar-refractivity contribution is 7.91. The number of anilines is 1. The predicted molar refractivity (Wildman–Crippen MR) is 74.0 cm³/mol. The number of nitrogens with zero attached hydrogens (tertiary/aromatic N) is 2. The van der Waals surface area contributed by atoms with Gasteiger partial charge >= 0.3 is 0 Å². The van der Waals surface area contributed by atoms with Gasteiger partial charge in [-0.15, -0.1) is 0 Å². The van der Waals surface area contributed by atoms with Crippen molar-refractivity contribution in [1.82, 2.24) is 9.78 Å². The summed E-state index contributed by atoms with van der Waals surface area (Å²) in [4.78, 5) is 0. The van der Waals surface area contributed by atoms with Crippen molar-refractivity contribution in [2.75, 3.05) is 12.0 Å². The van der Waals surface area contributed by atoms with Crippen molar-refractivity contribution in [3.8, 4) is 0 Å². The van der Waals surface area contributed by atoms with Crippen LogP contribution in [-0.2, 0) is 28.1 Å². The molecule has 1 heterocycles. The second kappa shape index (κ2) is 4.57. The van der Waals surface area contributed by atoms with E-state index < -0.39 is 14.6 Å². The summed E-state index contributed by atoms with van der Waals surface area (Å²) in [7, 11) is -1.51. The van der Waals surface area contributed by atoms with Crippen LogP contribution in [0.25, 0.3) is 0 Å². The molecule has 0 aliphatic rings. The molecule has 2 N–H and O–H groups in total. The van der Waals surface area contributed by atoms with Crippen LogP contribution in [0, 0.1) is 5.92 Å². The summed E-state index contributed by atoms with van der Waals surface area (Å²) in [5, 5.41) is 4.31. The molecule has 1 aromatic heterocycles. The van der Waals surface area contributed by atoms with E-state index in [1.165, 1.54) is 6.26 Å². The van der Waals surface area contributed by atoms with E-state index in [1.54, 1.807) is 25.6 Å². The monoisotopic (exact) mass is 273 g/mol. The van der Waals surface area contributed by atoms with Crippen molar-refractivity contribution in [3.63, 3.8) is 0 Å². The number of aryl methyl sites for hydroxylation is 1. The Labute approximate surface area is 109 Å². The summed E-state index contributed by atoms with van der Waals surface area (Å²) < 4.78 is 24.4. The quantitative estimate of drug-likeness (QED) is 0.901. The smallest absolute Gasteiger partial charge is 0.158 e. The molecule has 18 heavy (non-hydrogen) atoms. The highest BCUT2D eigenvalue weighted by Crippen LogP contribution is 2.34. The van der Waals surface area contributed by atoms with E-state index in [4.69, 9.17) is 5.73 Å². The first kappa shape index (κ1) is 15.0. The number of rotatable bonds is 4. The molecule has 0 spiro atoms. The summed E-state index contributed by atoms with van der Waals surface area (Å²) in [6, 6.07) is 0. The Hall–Kier alpha value is -1.04. The van der Waals surface area contributed by atoms with Crippen LogP contribution in [0.2, 0.25) is 0 Å². The van der Waals surface area contributed by atoms with E-state index in [1.807, 2.05) is 0 Å². The maximum Gasteiger partial charge on any atom is 0.158 e. The molecule has 1 rings (SSSR count). The lowest BCUT2D eigenvalue weighted by Crippen LogP contribution is -2.30. The molecule has 0 unspecified atom stereocenters. The van der Waals surface area contributed by atoms with Crippen LogP contribution in [0.1, 0.15) is 39.0 Å². The number of sulfone groups is 1. The molecule has 0 saturated carbocycles. The average molecular weight is 273 g/mol. The first-order valence-corrected chi connectivity index (χ1v) is 7.89. The summed E-state index contributed by atoms with van der Waals surface area (Å²) in [5.74, 6) is 0.945. The van der Waals surface area contributed by atoms with Gasteiger partial charge in [-0.3, -0.25) is 4.68 Å². The van der Waals surface area contributed by atoms with E-state index in [2.05, 4.69) is 18.9 Å². The number of hydrogen-bond donors (Lipinski definition) is 1. The standard InChI is InChI=1S/C12H23N3O2S/c1-8(2)7-9-10(14-15(5)11(9)13)12(3,4)18(6,16)17/h8H,7,13H2,1-6H3. The zero-order valence-corrected chi connectivity index (χ0v) is 12.8. The first-order valence-electron chi connectivity index (χ1n) is 6.00. The molecule has 1 aromatic rings. The molecule has 0 bridgehead atoms. The van der Waals surface area contributed by atoms with Gasteiger partial charge in [-0.2, -0.15) is 5.10 Å². The summed E-state index contributed by atoms with van der Waals surface area (Å²) in [6.45, 7) is 7.50. The fourth-order valence-corrected chi connectivity index (χ4v) is 2.36. The van der Waals surface area contributed by atoms with E-state index >= 15 is 0 Å².